The van der Waals surface area contributed by atoms with Gasteiger partial charge in [-0.15, -0.1) is 0 Å². The van der Waals surface area contributed by atoms with E-state index in [-0.39, 0.29) is 43.7 Å². The second-order valence-electron chi connectivity index (χ2n) is 8.99. The molecule has 2 aliphatic rings. The summed E-state index contributed by atoms with van der Waals surface area (Å²) in [7, 11) is 1.61. The number of rotatable bonds is 8. The number of oxazole rings is 1. The van der Waals surface area contributed by atoms with Crippen molar-refractivity contribution in [2.24, 2.45) is 0 Å². The van der Waals surface area contributed by atoms with Crippen molar-refractivity contribution in [1.82, 2.24) is 14.4 Å². The summed E-state index contributed by atoms with van der Waals surface area (Å²) in [4.78, 5) is 41.0. The Morgan fingerprint density at radius 1 is 1.03 bits per heavy atom. The predicted octanol–water partition coefficient (Wildman–Crippen LogP) is 2.88. The summed E-state index contributed by atoms with van der Waals surface area (Å²) in [6, 6.07) is 14.4. The predicted molar refractivity (Wildman–Crippen MR) is 130 cm³/mol. The number of hydrogen-bond acceptors (Lipinski definition) is 7. The molecule has 10 heteroatoms. The summed E-state index contributed by atoms with van der Waals surface area (Å²) in [6.45, 7) is 2.11. The van der Waals surface area contributed by atoms with Crippen molar-refractivity contribution in [3.8, 4) is 11.5 Å². The van der Waals surface area contributed by atoms with Crippen LogP contribution in [0.3, 0.4) is 0 Å². The largest absolute Gasteiger partial charge is 0.497 e. The van der Waals surface area contributed by atoms with Crippen molar-refractivity contribution in [3.05, 3.63) is 59.1 Å². The number of aryl methyl sites for hydroxylation is 1. The molecule has 2 fully saturated rings. The average molecular weight is 496 g/mol. The molecule has 1 aromatic heterocycles. The Balaban J connectivity index is 1.08. The standard InChI is InChI=1S/C26H29N3O7/c1-33-19-6-8-20(9-7-19)34-17-21-16-29(26(32)35-21)18-10-13-27(14-11-18)24(30)12-15-28-22-4-2-3-5-23(22)36-25(28)31/h2-9,18,21H,10-17H2,1H3. The van der Waals surface area contributed by atoms with Gasteiger partial charge in [0.1, 0.15) is 18.1 Å². The van der Waals surface area contributed by atoms with E-state index in [1.165, 1.54) is 4.57 Å². The van der Waals surface area contributed by atoms with Crippen LogP contribution in [0.15, 0.2) is 57.7 Å². The quantitative estimate of drug-likeness (QED) is 0.473. The Labute approximate surface area is 207 Å². The number of aromatic nitrogens is 1. The molecule has 0 N–H and O–H groups in total. The van der Waals surface area contributed by atoms with E-state index in [9.17, 15) is 14.4 Å². The molecule has 5 rings (SSSR count). The van der Waals surface area contributed by atoms with Gasteiger partial charge in [-0.05, 0) is 49.2 Å². The summed E-state index contributed by atoms with van der Waals surface area (Å²) in [5.74, 6) is 0.957. The molecule has 0 spiro atoms. The highest BCUT2D eigenvalue weighted by Crippen LogP contribution is 2.24. The van der Waals surface area contributed by atoms with Crippen LogP contribution in [0.5, 0.6) is 11.5 Å². The van der Waals surface area contributed by atoms with Crippen LogP contribution in [0, 0.1) is 0 Å². The Hall–Kier alpha value is -3.95. The Bertz CT molecular complexity index is 1270. The molecule has 1 atom stereocenters. The fourth-order valence-corrected chi connectivity index (χ4v) is 4.81. The molecule has 1 unspecified atom stereocenters. The lowest BCUT2D eigenvalue weighted by Gasteiger charge is -2.35. The van der Waals surface area contributed by atoms with Crippen LogP contribution in [-0.4, -0.2) is 71.9 Å². The maximum absolute atomic E-state index is 12.8. The van der Waals surface area contributed by atoms with Crippen LogP contribution < -0.4 is 15.2 Å². The second-order valence-corrected chi connectivity index (χ2v) is 8.99. The lowest BCUT2D eigenvalue weighted by atomic mass is 10.0. The second kappa shape index (κ2) is 10.3. The van der Waals surface area contributed by atoms with Crippen molar-refractivity contribution < 1.29 is 28.2 Å². The molecule has 2 aromatic carbocycles. The van der Waals surface area contributed by atoms with Gasteiger partial charge in [0.15, 0.2) is 11.7 Å². The molecule has 2 amide bonds. The molecule has 0 aliphatic carbocycles. The number of fused-ring (bicyclic) bond motifs is 1. The molecular formula is C26H29N3O7. The summed E-state index contributed by atoms with van der Waals surface area (Å²) in [6.07, 6.45) is 0.893. The highest BCUT2D eigenvalue weighted by Gasteiger charge is 2.38. The number of carbonyl (C=O) groups is 2. The van der Waals surface area contributed by atoms with Gasteiger partial charge in [-0.25, -0.2) is 9.59 Å². The number of hydrogen-bond donors (Lipinski definition) is 0. The number of methoxy groups -OCH3 is 1. The molecule has 0 bridgehead atoms. The highest BCUT2D eigenvalue weighted by atomic mass is 16.6. The van der Waals surface area contributed by atoms with Gasteiger partial charge in [-0.2, -0.15) is 0 Å². The topological polar surface area (TPSA) is 103 Å². The van der Waals surface area contributed by atoms with Gasteiger partial charge < -0.3 is 28.4 Å². The van der Waals surface area contributed by atoms with Crippen LogP contribution in [0.25, 0.3) is 11.1 Å². The molecule has 0 saturated carbocycles. The average Bonchev–Trinajstić information content (AvgIpc) is 3.44. The summed E-state index contributed by atoms with van der Waals surface area (Å²) in [5.41, 5.74) is 1.20. The molecule has 3 heterocycles. The third-order valence-corrected chi connectivity index (χ3v) is 6.78. The van der Waals surface area contributed by atoms with E-state index in [4.69, 9.17) is 18.6 Å². The van der Waals surface area contributed by atoms with Gasteiger partial charge >= 0.3 is 11.8 Å². The third kappa shape index (κ3) is 5.02. The van der Waals surface area contributed by atoms with Crippen molar-refractivity contribution in [3.63, 3.8) is 0 Å². The Kier molecular flexibility index (Phi) is 6.84. The van der Waals surface area contributed by atoms with Crippen LogP contribution in [0.2, 0.25) is 0 Å². The van der Waals surface area contributed by atoms with Gasteiger partial charge in [0, 0.05) is 32.1 Å². The monoisotopic (exact) mass is 495 g/mol. The first-order chi connectivity index (χ1) is 17.5. The number of para-hydroxylation sites is 2. The molecule has 3 aromatic rings. The van der Waals surface area contributed by atoms with Crippen molar-refractivity contribution >= 4 is 23.1 Å². The van der Waals surface area contributed by atoms with E-state index in [2.05, 4.69) is 0 Å². The normalized spacial score (nSPS) is 18.5. The van der Waals surface area contributed by atoms with E-state index < -0.39 is 5.76 Å². The fraction of sp³-hybridized carbons (Fsp3) is 0.423. The highest BCUT2D eigenvalue weighted by molar-refractivity contribution is 5.77. The minimum Gasteiger partial charge on any atom is -0.497 e. The minimum absolute atomic E-state index is 0.0135. The maximum Gasteiger partial charge on any atom is 0.419 e. The molecule has 2 aliphatic heterocycles. The first-order valence-electron chi connectivity index (χ1n) is 12.1. The zero-order chi connectivity index (χ0) is 25.1. The minimum atomic E-state index is -0.458. The van der Waals surface area contributed by atoms with E-state index in [0.29, 0.717) is 49.3 Å². The fourth-order valence-electron chi connectivity index (χ4n) is 4.81. The molecule has 36 heavy (non-hydrogen) atoms. The molecule has 190 valence electrons. The zero-order valence-electron chi connectivity index (χ0n) is 20.1. The Morgan fingerprint density at radius 2 is 1.75 bits per heavy atom. The number of piperidine rings is 1. The SMILES string of the molecule is COc1ccc(OCC2CN(C3CCN(C(=O)CCn4c(=O)oc5ccccc54)CC3)C(=O)O2)cc1. The number of benzene rings is 2. The van der Waals surface area contributed by atoms with E-state index in [1.807, 2.05) is 30.3 Å². The van der Waals surface area contributed by atoms with Gasteiger partial charge in [0.25, 0.3) is 0 Å². The first-order valence-corrected chi connectivity index (χ1v) is 12.1. The first kappa shape index (κ1) is 23.8. The summed E-state index contributed by atoms with van der Waals surface area (Å²) < 4.78 is 23.2. The number of amides is 2. The van der Waals surface area contributed by atoms with Crippen molar-refractivity contribution in [2.45, 2.75) is 38.0 Å². The lowest BCUT2D eigenvalue weighted by Crippen LogP contribution is -2.47. The van der Waals surface area contributed by atoms with E-state index >= 15 is 0 Å². The van der Waals surface area contributed by atoms with Gasteiger partial charge in [0.2, 0.25) is 5.91 Å². The number of likely N-dealkylation sites (tertiary alicyclic amines) is 1. The molecular weight excluding hydrogens is 466 g/mol. The van der Waals surface area contributed by atoms with Crippen LogP contribution in [0.4, 0.5) is 4.79 Å². The smallest absolute Gasteiger partial charge is 0.419 e. The van der Waals surface area contributed by atoms with Crippen LogP contribution >= 0.6 is 0 Å². The number of ether oxygens (including phenoxy) is 3. The molecule has 0 radical (unpaired) electrons. The van der Waals surface area contributed by atoms with Gasteiger partial charge in [0.05, 0.1) is 19.2 Å². The van der Waals surface area contributed by atoms with E-state index in [1.54, 1.807) is 35.1 Å². The summed E-state index contributed by atoms with van der Waals surface area (Å²) >= 11 is 0. The van der Waals surface area contributed by atoms with Crippen LogP contribution in [-0.2, 0) is 16.1 Å². The van der Waals surface area contributed by atoms with Crippen LogP contribution in [0.1, 0.15) is 19.3 Å². The van der Waals surface area contributed by atoms with Gasteiger partial charge in [-0.3, -0.25) is 9.36 Å². The Morgan fingerprint density at radius 3 is 2.50 bits per heavy atom. The van der Waals surface area contributed by atoms with Crippen molar-refractivity contribution in [1.29, 1.82) is 0 Å². The zero-order valence-corrected chi connectivity index (χ0v) is 20.1. The third-order valence-electron chi connectivity index (χ3n) is 6.78. The van der Waals surface area contributed by atoms with E-state index in [0.717, 1.165) is 5.75 Å². The number of nitrogens with zero attached hydrogens (tertiary/aromatic N) is 3. The molecule has 10 nitrogen and oxygen atoms in total. The maximum atomic E-state index is 12.8. The van der Waals surface area contributed by atoms with Crippen molar-refractivity contribution in [2.75, 3.05) is 33.4 Å². The molecule has 2 saturated heterocycles. The lowest BCUT2D eigenvalue weighted by molar-refractivity contribution is -0.132. The summed E-state index contributed by atoms with van der Waals surface area (Å²) in [5, 5.41) is 0. The number of carbonyl (C=O) groups excluding carboxylic acids is 2. The van der Waals surface area contributed by atoms with Gasteiger partial charge in [-0.1, -0.05) is 12.1 Å². The number of cyclic esters (lactones) is 1.